The van der Waals surface area contributed by atoms with E-state index in [1.54, 1.807) is 35.2 Å². The number of piperazine rings is 1. The molecule has 1 saturated carbocycles. The van der Waals surface area contributed by atoms with Crippen molar-refractivity contribution in [1.82, 2.24) is 9.21 Å². The number of amides is 2. The maximum Gasteiger partial charge on any atom is 0.250 e. The van der Waals surface area contributed by atoms with Gasteiger partial charge in [0, 0.05) is 26.2 Å². The van der Waals surface area contributed by atoms with Crippen LogP contribution in [0.5, 0.6) is 0 Å². The van der Waals surface area contributed by atoms with Crippen molar-refractivity contribution in [3.05, 3.63) is 54.6 Å². The van der Waals surface area contributed by atoms with Crippen LogP contribution in [0.3, 0.4) is 0 Å². The number of benzene rings is 2. The maximum atomic E-state index is 13.6. The average Bonchev–Trinajstić information content (AvgIpc) is 3.31. The Morgan fingerprint density at radius 3 is 2.24 bits per heavy atom. The van der Waals surface area contributed by atoms with Crippen LogP contribution < -0.4 is 10.2 Å². The van der Waals surface area contributed by atoms with Gasteiger partial charge in [0.05, 0.1) is 22.8 Å². The fraction of sp³-hybridized carbons (Fsp3) is 0.417. The van der Waals surface area contributed by atoms with Crippen LogP contribution in [0.2, 0.25) is 0 Å². The second-order valence-corrected chi connectivity index (χ2v) is 10.9. The first-order valence-electron chi connectivity index (χ1n) is 11.4. The molecule has 2 heterocycles. The van der Waals surface area contributed by atoms with Gasteiger partial charge in [0.1, 0.15) is 5.54 Å². The first kappa shape index (κ1) is 22.1. The molecule has 0 atom stereocenters. The van der Waals surface area contributed by atoms with Crippen molar-refractivity contribution < 1.29 is 18.0 Å². The number of sulfonamides is 1. The van der Waals surface area contributed by atoms with Crippen LogP contribution >= 0.6 is 0 Å². The summed E-state index contributed by atoms with van der Waals surface area (Å²) in [6.07, 6.45) is 3.13. The van der Waals surface area contributed by atoms with Crippen molar-refractivity contribution in [2.24, 2.45) is 0 Å². The van der Waals surface area contributed by atoms with E-state index in [-0.39, 0.29) is 23.3 Å². The Labute approximate surface area is 194 Å². The van der Waals surface area contributed by atoms with Crippen molar-refractivity contribution in [1.29, 1.82) is 0 Å². The number of carbonyl (C=O) groups excluding carboxylic acids is 2. The summed E-state index contributed by atoms with van der Waals surface area (Å²) in [5, 5.41) is 3.00. The van der Waals surface area contributed by atoms with E-state index in [0.29, 0.717) is 44.7 Å². The average molecular weight is 469 g/mol. The standard InChI is InChI=1S/C24H28N4O4S/c29-22(18-26-14-16-27(17-15-26)33(31,32)19-8-2-1-3-9-19)28-21-11-5-4-10-20(21)25-23(30)24(28)12-6-7-13-24/h1-5,8-11H,6-7,12-18H2,(H,25,30). The SMILES string of the molecule is O=C(CN1CCN(S(=O)(=O)c2ccccc2)CC1)N1c2ccccc2NC(=O)C12CCCC2. The van der Waals surface area contributed by atoms with Crippen LogP contribution in [-0.4, -0.2) is 67.7 Å². The number of hydrogen-bond acceptors (Lipinski definition) is 5. The van der Waals surface area contributed by atoms with Crippen LogP contribution in [-0.2, 0) is 19.6 Å². The van der Waals surface area contributed by atoms with E-state index in [0.717, 1.165) is 18.5 Å². The Balaban J connectivity index is 1.31. The lowest BCUT2D eigenvalue weighted by molar-refractivity contribution is -0.128. The zero-order chi connectivity index (χ0) is 23.1. The van der Waals surface area contributed by atoms with Crippen molar-refractivity contribution in [3.8, 4) is 0 Å². The van der Waals surface area contributed by atoms with E-state index in [4.69, 9.17) is 0 Å². The molecular weight excluding hydrogens is 440 g/mol. The summed E-state index contributed by atoms with van der Waals surface area (Å²) >= 11 is 0. The van der Waals surface area contributed by atoms with E-state index >= 15 is 0 Å². The first-order valence-corrected chi connectivity index (χ1v) is 12.9. The molecule has 1 aliphatic carbocycles. The molecule has 33 heavy (non-hydrogen) atoms. The number of carbonyl (C=O) groups is 2. The molecular formula is C24H28N4O4S. The van der Waals surface area contributed by atoms with Gasteiger partial charge in [-0.05, 0) is 37.1 Å². The third kappa shape index (κ3) is 3.84. The lowest BCUT2D eigenvalue weighted by Gasteiger charge is -2.45. The predicted molar refractivity (Wildman–Crippen MR) is 125 cm³/mol. The van der Waals surface area contributed by atoms with Crippen molar-refractivity contribution in [2.45, 2.75) is 36.1 Å². The number of nitrogens with zero attached hydrogens (tertiary/aromatic N) is 3. The zero-order valence-electron chi connectivity index (χ0n) is 18.4. The quantitative estimate of drug-likeness (QED) is 0.744. The summed E-state index contributed by atoms with van der Waals surface area (Å²) in [6.45, 7) is 1.74. The third-order valence-electron chi connectivity index (χ3n) is 7.00. The normalized spacial score (nSPS) is 21.1. The zero-order valence-corrected chi connectivity index (χ0v) is 19.3. The smallest absolute Gasteiger partial charge is 0.250 e. The number of nitrogens with one attached hydrogen (secondary N) is 1. The van der Waals surface area contributed by atoms with E-state index < -0.39 is 15.6 Å². The van der Waals surface area contributed by atoms with Crippen molar-refractivity contribution in [2.75, 3.05) is 42.9 Å². The van der Waals surface area contributed by atoms with Crippen molar-refractivity contribution >= 4 is 33.2 Å². The molecule has 1 N–H and O–H groups in total. The summed E-state index contributed by atoms with van der Waals surface area (Å²) in [7, 11) is -3.54. The summed E-state index contributed by atoms with van der Waals surface area (Å²) in [6, 6.07) is 15.9. The van der Waals surface area contributed by atoms with Crippen molar-refractivity contribution in [3.63, 3.8) is 0 Å². The predicted octanol–water partition coefficient (Wildman–Crippen LogP) is 2.29. The van der Waals surface area contributed by atoms with Gasteiger partial charge in [-0.3, -0.25) is 19.4 Å². The minimum atomic E-state index is -3.54. The molecule has 2 amide bonds. The molecule has 3 aliphatic rings. The molecule has 2 aromatic carbocycles. The minimum absolute atomic E-state index is 0.106. The molecule has 174 valence electrons. The van der Waals surface area contributed by atoms with Gasteiger partial charge in [-0.2, -0.15) is 4.31 Å². The molecule has 8 nitrogen and oxygen atoms in total. The molecule has 1 saturated heterocycles. The molecule has 1 spiro atoms. The first-order chi connectivity index (χ1) is 15.9. The lowest BCUT2D eigenvalue weighted by atomic mass is 9.89. The number of fused-ring (bicyclic) bond motifs is 1. The molecule has 2 aliphatic heterocycles. The van der Waals surface area contributed by atoms with Gasteiger partial charge in [-0.25, -0.2) is 8.42 Å². The number of rotatable bonds is 4. The second-order valence-electron chi connectivity index (χ2n) is 8.93. The van der Waals surface area contributed by atoms with Crippen LogP contribution in [0.25, 0.3) is 0 Å². The Kier molecular flexibility index (Phi) is 5.72. The summed E-state index contributed by atoms with van der Waals surface area (Å²) in [5.41, 5.74) is 0.575. The largest absolute Gasteiger partial charge is 0.322 e. The monoisotopic (exact) mass is 468 g/mol. The highest BCUT2D eigenvalue weighted by Gasteiger charge is 2.52. The molecule has 0 unspecified atom stereocenters. The Morgan fingerprint density at radius 1 is 0.909 bits per heavy atom. The Hall–Kier alpha value is -2.75. The van der Waals surface area contributed by atoms with Crippen LogP contribution in [0.15, 0.2) is 59.5 Å². The van der Waals surface area contributed by atoms with Gasteiger partial charge >= 0.3 is 0 Å². The lowest BCUT2D eigenvalue weighted by Crippen LogP contribution is -2.62. The summed E-state index contributed by atoms with van der Waals surface area (Å²) in [5.74, 6) is -0.218. The van der Waals surface area contributed by atoms with Crippen LogP contribution in [0.1, 0.15) is 25.7 Å². The van der Waals surface area contributed by atoms with Gasteiger partial charge < -0.3 is 5.32 Å². The Bertz CT molecular complexity index is 1150. The molecule has 0 bridgehead atoms. The van der Waals surface area contributed by atoms with E-state index in [2.05, 4.69) is 5.32 Å². The van der Waals surface area contributed by atoms with Gasteiger partial charge in [0.25, 0.3) is 5.91 Å². The van der Waals surface area contributed by atoms with Crippen LogP contribution in [0.4, 0.5) is 11.4 Å². The number of anilines is 2. The molecule has 9 heteroatoms. The van der Waals surface area contributed by atoms with Gasteiger partial charge in [0.2, 0.25) is 15.9 Å². The highest BCUT2D eigenvalue weighted by atomic mass is 32.2. The molecule has 0 radical (unpaired) electrons. The topological polar surface area (TPSA) is 90.0 Å². The number of hydrogen-bond donors (Lipinski definition) is 1. The minimum Gasteiger partial charge on any atom is -0.322 e. The third-order valence-corrected chi connectivity index (χ3v) is 8.91. The van der Waals surface area contributed by atoms with E-state index in [1.807, 2.05) is 29.2 Å². The van der Waals surface area contributed by atoms with Gasteiger partial charge in [-0.15, -0.1) is 0 Å². The Morgan fingerprint density at radius 2 is 1.55 bits per heavy atom. The molecule has 2 aromatic rings. The second kappa shape index (κ2) is 8.55. The molecule has 0 aromatic heterocycles. The molecule has 5 rings (SSSR count). The molecule has 2 fully saturated rings. The van der Waals surface area contributed by atoms with E-state index in [9.17, 15) is 18.0 Å². The van der Waals surface area contributed by atoms with Gasteiger partial charge in [0.15, 0.2) is 0 Å². The number of para-hydroxylation sites is 2. The highest BCUT2D eigenvalue weighted by molar-refractivity contribution is 7.89. The summed E-state index contributed by atoms with van der Waals surface area (Å²) < 4.78 is 27.3. The van der Waals surface area contributed by atoms with E-state index in [1.165, 1.54) is 4.31 Å². The maximum absolute atomic E-state index is 13.6. The summed E-state index contributed by atoms with van der Waals surface area (Å²) in [4.78, 5) is 30.7. The highest BCUT2D eigenvalue weighted by Crippen LogP contribution is 2.45. The fourth-order valence-electron chi connectivity index (χ4n) is 5.26. The van der Waals surface area contributed by atoms with Gasteiger partial charge in [-0.1, -0.05) is 43.2 Å². The fourth-order valence-corrected chi connectivity index (χ4v) is 6.70. The van der Waals surface area contributed by atoms with Crippen LogP contribution in [0, 0.1) is 0 Å².